The van der Waals surface area contributed by atoms with Crippen molar-refractivity contribution in [2.75, 3.05) is 85.5 Å². The van der Waals surface area contributed by atoms with Crippen molar-refractivity contribution in [2.45, 2.75) is 6.92 Å². The second kappa shape index (κ2) is 26.8. The molecule has 0 radical (unpaired) electrons. The fraction of sp³-hybridized carbons (Fsp3) is 1.00. The molecule has 0 unspecified atom stereocenters. The van der Waals surface area contributed by atoms with E-state index < -0.39 is 7.32 Å². The Morgan fingerprint density at radius 1 is 0.577 bits per heavy atom. The minimum absolute atomic E-state index is 0.0694. The average molecular weight is 388 g/mol. The van der Waals surface area contributed by atoms with Crippen LogP contribution in [0.4, 0.5) is 0 Å². The molecule has 0 spiro atoms. The Morgan fingerprint density at radius 2 is 0.808 bits per heavy atom. The fourth-order valence-corrected chi connectivity index (χ4v) is 1.67. The highest BCUT2D eigenvalue weighted by Crippen LogP contribution is 1.85. The van der Waals surface area contributed by atoms with Crippen LogP contribution in [-0.4, -0.2) is 143 Å². The molecule has 0 heterocycles. The first-order valence-electron chi connectivity index (χ1n) is 8.54. The normalized spacial score (nSPS) is 10.3. The van der Waals surface area contributed by atoms with E-state index in [1.54, 1.807) is 16.7 Å². The third-order valence-corrected chi connectivity index (χ3v) is 2.81. The molecule has 160 valence electrons. The minimum atomic E-state index is -1.60. The van der Waals surface area contributed by atoms with Crippen molar-refractivity contribution < 1.29 is 45.3 Å². The lowest BCUT2D eigenvalue weighted by atomic mass is 10.3. The van der Waals surface area contributed by atoms with E-state index in [1.165, 1.54) is 0 Å². The van der Waals surface area contributed by atoms with Gasteiger partial charge >= 0.3 is 7.32 Å². The standard InChI is InChI=1S/2C6H15NO3.C2H7BO3/c2*8-4-1-7(2-5-9)3-6-10;1-2-6-3(4)5/h2*8-10H,1-6H2;4-5H,2H2,1H3. The molecule has 26 heavy (non-hydrogen) atoms. The number of aliphatic hydroxyl groups excluding tert-OH is 6. The van der Waals surface area contributed by atoms with E-state index in [-0.39, 0.29) is 39.6 Å². The molecule has 0 aliphatic carbocycles. The summed E-state index contributed by atoms with van der Waals surface area (Å²) in [6.07, 6.45) is 0. The van der Waals surface area contributed by atoms with Gasteiger partial charge in [-0.3, -0.25) is 9.80 Å². The maximum absolute atomic E-state index is 8.48. The molecular formula is C14H37BN2O9. The van der Waals surface area contributed by atoms with E-state index in [0.29, 0.717) is 45.9 Å². The van der Waals surface area contributed by atoms with Gasteiger partial charge in [0.15, 0.2) is 0 Å². The van der Waals surface area contributed by atoms with Gasteiger partial charge in [-0.15, -0.1) is 0 Å². The Labute approximate surface area is 155 Å². The van der Waals surface area contributed by atoms with Crippen LogP contribution in [0.5, 0.6) is 0 Å². The Kier molecular flexibility index (Phi) is 31.3. The maximum atomic E-state index is 8.48. The molecule has 0 aromatic heterocycles. The van der Waals surface area contributed by atoms with Crippen LogP contribution in [0.3, 0.4) is 0 Å². The van der Waals surface area contributed by atoms with Crippen molar-refractivity contribution in [2.24, 2.45) is 0 Å². The van der Waals surface area contributed by atoms with Crippen molar-refractivity contribution in [1.29, 1.82) is 0 Å². The predicted octanol–water partition coefficient (Wildman–Crippen LogP) is -4.48. The number of nitrogens with zero attached hydrogens (tertiary/aromatic N) is 2. The Hall–Kier alpha value is -0.375. The third-order valence-electron chi connectivity index (χ3n) is 2.81. The number of rotatable bonds is 14. The van der Waals surface area contributed by atoms with E-state index in [9.17, 15) is 0 Å². The molecule has 0 atom stereocenters. The molecule has 0 aliphatic rings. The van der Waals surface area contributed by atoms with Crippen LogP contribution in [0, 0.1) is 0 Å². The van der Waals surface area contributed by atoms with Gasteiger partial charge in [-0.2, -0.15) is 0 Å². The van der Waals surface area contributed by atoms with Crippen molar-refractivity contribution >= 4 is 7.32 Å². The molecule has 0 amide bonds. The fourth-order valence-electron chi connectivity index (χ4n) is 1.67. The lowest BCUT2D eigenvalue weighted by molar-refractivity contribution is 0.136. The van der Waals surface area contributed by atoms with E-state index in [0.717, 1.165) is 0 Å². The van der Waals surface area contributed by atoms with Crippen LogP contribution in [0.15, 0.2) is 0 Å². The molecule has 0 saturated heterocycles. The van der Waals surface area contributed by atoms with Gasteiger partial charge in [0.1, 0.15) is 0 Å². The van der Waals surface area contributed by atoms with Crippen molar-refractivity contribution in [1.82, 2.24) is 9.80 Å². The summed E-state index contributed by atoms with van der Waals surface area (Å²) in [5, 5.41) is 66.7. The molecule has 0 bridgehead atoms. The molecule has 0 saturated carbocycles. The van der Waals surface area contributed by atoms with Crippen LogP contribution >= 0.6 is 0 Å². The Balaban J connectivity index is -0.000000316. The molecule has 0 rings (SSSR count). The van der Waals surface area contributed by atoms with Crippen LogP contribution in [0.1, 0.15) is 6.92 Å². The monoisotopic (exact) mass is 388 g/mol. The molecule has 11 nitrogen and oxygen atoms in total. The first-order valence-corrected chi connectivity index (χ1v) is 8.54. The second-order valence-electron chi connectivity index (χ2n) is 4.81. The SMILES string of the molecule is CCOB(O)O.OCCN(CCO)CCO.OCCN(CCO)CCO. The van der Waals surface area contributed by atoms with Gasteiger partial charge in [0.25, 0.3) is 0 Å². The zero-order valence-corrected chi connectivity index (χ0v) is 15.7. The highest BCUT2D eigenvalue weighted by molar-refractivity contribution is 6.32. The van der Waals surface area contributed by atoms with Crippen LogP contribution in [0.2, 0.25) is 0 Å². The molecule has 0 aromatic rings. The molecule has 8 N–H and O–H groups in total. The summed E-state index contributed by atoms with van der Waals surface area (Å²) >= 11 is 0. The second-order valence-corrected chi connectivity index (χ2v) is 4.81. The van der Waals surface area contributed by atoms with E-state index in [1.807, 2.05) is 0 Å². The Morgan fingerprint density at radius 3 is 0.885 bits per heavy atom. The van der Waals surface area contributed by atoms with E-state index in [2.05, 4.69) is 4.65 Å². The van der Waals surface area contributed by atoms with Crippen molar-refractivity contribution in [3.05, 3.63) is 0 Å². The summed E-state index contributed by atoms with van der Waals surface area (Å²) in [4.78, 5) is 3.58. The molecule has 0 aliphatic heterocycles. The lowest BCUT2D eigenvalue weighted by Crippen LogP contribution is -2.32. The molecule has 0 fully saturated rings. The summed E-state index contributed by atoms with van der Waals surface area (Å²) in [6.45, 7) is 5.52. The quantitative estimate of drug-likeness (QED) is 0.135. The summed E-state index contributed by atoms with van der Waals surface area (Å²) < 4.78 is 4.15. The molecular weight excluding hydrogens is 351 g/mol. The number of hydrogen-bond acceptors (Lipinski definition) is 11. The first-order chi connectivity index (χ1) is 12.5. The van der Waals surface area contributed by atoms with E-state index in [4.69, 9.17) is 40.7 Å². The van der Waals surface area contributed by atoms with Crippen LogP contribution < -0.4 is 0 Å². The topological polar surface area (TPSA) is 178 Å². The molecule has 0 aromatic carbocycles. The largest absolute Gasteiger partial charge is 0.633 e. The van der Waals surface area contributed by atoms with Crippen molar-refractivity contribution in [3.63, 3.8) is 0 Å². The van der Waals surface area contributed by atoms with Gasteiger partial charge in [-0.05, 0) is 6.92 Å². The third kappa shape index (κ3) is 28.4. The molecule has 12 heteroatoms. The van der Waals surface area contributed by atoms with Gasteiger partial charge in [0.2, 0.25) is 0 Å². The maximum Gasteiger partial charge on any atom is 0.633 e. The predicted molar refractivity (Wildman–Crippen MR) is 97.2 cm³/mol. The zero-order valence-electron chi connectivity index (χ0n) is 15.7. The summed E-state index contributed by atoms with van der Waals surface area (Å²) in [7, 11) is -1.60. The smallest absolute Gasteiger partial charge is 0.402 e. The zero-order chi connectivity index (χ0) is 20.6. The summed E-state index contributed by atoms with van der Waals surface area (Å²) in [6, 6.07) is 0. The highest BCUT2D eigenvalue weighted by atomic mass is 16.6. The lowest BCUT2D eigenvalue weighted by Gasteiger charge is -2.17. The van der Waals surface area contributed by atoms with Gasteiger partial charge in [0, 0.05) is 45.9 Å². The van der Waals surface area contributed by atoms with Gasteiger partial charge in [-0.1, -0.05) is 0 Å². The van der Waals surface area contributed by atoms with Gasteiger partial charge in [-0.25, -0.2) is 0 Å². The highest BCUT2D eigenvalue weighted by Gasteiger charge is 2.03. The number of aliphatic hydroxyl groups is 6. The minimum Gasteiger partial charge on any atom is -0.402 e. The summed E-state index contributed by atoms with van der Waals surface area (Å²) in [5.74, 6) is 0. The first kappa shape index (κ1) is 30.4. The van der Waals surface area contributed by atoms with Crippen molar-refractivity contribution in [3.8, 4) is 0 Å². The van der Waals surface area contributed by atoms with E-state index >= 15 is 0 Å². The Bertz CT molecular complexity index is 198. The summed E-state index contributed by atoms with van der Waals surface area (Å²) in [5.41, 5.74) is 0. The number of hydrogen-bond donors (Lipinski definition) is 8. The van der Waals surface area contributed by atoms with Crippen LogP contribution in [0.25, 0.3) is 0 Å². The average Bonchev–Trinajstić information content (AvgIpc) is 2.57. The van der Waals surface area contributed by atoms with Crippen LogP contribution in [-0.2, 0) is 4.65 Å². The van der Waals surface area contributed by atoms with Gasteiger partial charge < -0.3 is 45.3 Å². The van der Waals surface area contributed by atoms with Gasteiger partial charge in [0.05, 0.1) is 39.6 Å².